The summed E-state index contributed by atoms with van der Waals surface area (Å²) < 4.78 is 17.4. The first-order chi connectivity index (χ1) is 10.8. The van der Waals surface area contributed by atoms with Crippen LogP contribution in [-0.2, 0) is 15.3 Å². The summed E-state index contributed by atoms with van der Waals surface area (Å²) in [6, 6.07) is 17.2. The van der Waals surface area contributed by atoms with E-state index in [2.05, 4.69) is 0 Å². The van der Waals surface area contributed by atoms with Crippen molar-refractivity contribution in [1.82, 2.24) is 0 Å². The monoisotopic (exact) mass is 338 g/mol. The van der Waals surface area contributed by atoms with Gasteiger partial charge in [-0.05, 0) is 36.4 Å². The van der Waals surface area contributed by atoms with Gasteiger partial charge in [-0.3, -0.25) is 0 Å². The van der Waals surface area contributed by atoms with Gasteiger partial charge in [0.15, 0.2) is 0 Å². The summed E-state index contributed by atoms with van der Waals surface area (Å²) in [5, 5.41) is 0. The molecule has 1 unspecified atom stereocenters. The van der Waals surface area contributed by atoms with Crippen LogP contribution in [0.15, 0.2) is 54.6 Å². The van der Waals surface area contributed by atoms with Crippen molar-refractivity contribution in [3.63, 3.8) is 0 Å². The highest BCUT2D eigenvalue weighted by Crippen LogP contribution is 2.36. The molecule has 2 aromatic carbocycles. The normalized spacial score (nSPS) is 24.4. The molecule has 0 aromatic heterocycles. The van der Waals surface area contributed by atoms with Crippen molar-refractivity contribution in [2.45, 2.75) is 11.9 Å². The molecule has 116 valence electrons. The molecule has 5 heteroatoms. The molecular formula is C17H16Cl2O3. The lowest BCUT2D eigenvalue weighted by Gasteiger charge is -2.26. The maximum atomic E-state index is 6.07. The highest BCUT2D eigenvalue weighted by Gasteiger charge is 2.42. The van der Waals surface area contributed by atoms with Gasteiger partial charge in [-0.15, -0.1) is 23.2 Å². The number of halogens is 2. The Hall–Kier alpha value is -1.26. The second kappa shape index (κ2) is 6.88. The Morgan fingerprint density at radius 2 is 1.68 bits per heavy atom. The SMILES string of the molecule is ClC[C@@H]1COC(CCl)(c2ccc(Oc3ccccc3)cc2)O1. The minimum atomic E-state index is -0.924. The number of hydrogen-bond donors (Lipinski definition) is 0. The van der Waals surface area contributed by atoms with E-state index in [1.54, 1.807) is 0 Å². The van der Waals surface area contributed by atoms with Gasteiger partial charge >= 0.3 is 0 Å². The van der Waals surface area contributed by atoms with Gasteiger partial charge in [0.1, 0.15) is 11.5 Å². The number of rotatable bonds is 5. The predicted molar refractivity (Wildman–Crippen MR) is 86.9 cm³/mol. The van der Waals surface area contributed by atoms with Crippen molar-refractivity contribution in [2.24, 2.45) is 0 Å². The van der Waals surface area contributed by atoms with Gasteiger partial charge in [-0.2, -0.15) is 0 Å². The Labute approximate surface area is 139 Å². The maximum Gasteiger partial charge on any atom is 0.209 e. The standard InChI is InChI=1S/C17H16Cl2O3/c18-10-16-11-20-17(12-19,22-16)13-6-8-15(9-7-13)21-14-4-2-1-3-5-14/h1-9,16H,10-12H2/t16-,17?/m1/s1. The van der Waals surface area contributed by atoms with Crippen LogP contribution < -0.4 is 4.74 Å². The molecule has 1 saturated heterocycles. The lowest BCUT2D eigenvalue weighted by Crippen LogP contribution is -2.30. The summed E-state index contributed by atoms with van der Waals surface area (Å²) in [7, 11) is 0. The fourth-order valence-electron chi connectivity index (χ4n) is 2.34. The number of para-hydroxylation sites is 1. The van der Waals surface area contributed by atoms with E-state index in [0.717, 1.165) is 17.1 Å². The molecule has 0 spiro atoms. The van der Waals surface area contributed by atoms with Gasteiger partial charge in [0, 0.05) is 5.56 Å². The van der Waals surface area contributed by atoms with Crippen LogP contribution in [-0.4, -0.2) is 24.5 Å². The van der Waals surface area contributed by atoms with Crippen LogP contribution in [0.4, 0.5) is 0 Å². The van der Waals surface area contributed by atoms with E-state index >= 15 is 0 Å². The highest BCUT2D eigenvalue weighted by molar-refractivity contribution is 6.18. The second-order valence-corrected chi connectivity index (χ2v) is 5.61. The van der Waals surface area contributed by atoms with E-state index in [4.69, 9.17) is 37.4 Å². The van der Waals surface area contributed by atoms with Crippen molar-refractivity contribution in [2.75, 3.05) is 18.4 Å². The lowest BCUT2D eigenvalue weighted by atomic mass is 10.1. The van der Waals surface area contributed by atoms with Gasteiger partial charge in [0.2, 0.25) is 5.79 Å². The molecule has 0 bridgehead atoms. The number of alkyl halides is 2. The molecule has 2 aromatic rings. The molecule has 0 radical (unpaired) electrons. The van der Waals surface area contributed by atoms with Crippen LogP contribution in [0.1, 0.15) is 5.56 Å². The second-order valence-electron chi connectivity index (χ2n) is 5.03. The number of benzene rings is 2. The molecule has 0 amide bonds. The van der Waals surface area contributed by atoms with Crippen LogP contribution in [0.2, 0.25) is 0 Å². The summed E-state index contributed by atoms with van der Waals surface area (Å²) in [5.74, 6) is 1.20. The quantitative estimate of drug-likeness (QED) is 0.750. The van der Waals surface area contributed by atoms with Gasteiger partial charge in [0.25, 0.3) is 0 Å². The molecular weight excluding hydrogens is 323 g/mol. The minimum Gasteiger partial charge on any atom is -0.457 e. The summed E-state index contributed by atoms with van der Waals surface area (Å²) in [6.07, 6.45) is -0.138. The number of hydrogen-bond acceptors (Lipinski definition) is 3. The van der Waals surface area contributed by atoms with Crippen LogP contribution in [0.5, 0.6) is 11.5 Å². The summed E-state index contributed by atoms with van der Waals surface area (Å²) in [6.45, 7) is 0.443. The average molecular weight is 339 g/mol. The Morgan fingerprint density at radius 1 is 1.00 bits per heavy atom. The zero-order valence-corrected chi connectivity index (χ0v) is 13.4. The lowest BCUT2D eigenvalue weighted by molar-refractivity contribution is -0.156. The van der Waals surface area contributed by atoms with Crippen molar-refractivity contribution >= 4 is 23.2 Å². The summed E-state index contributed by atoms with van der Waals surface area (Å²) in [4.78, 5) is 0. The fraction of sp³-hybridized carbons (Fsp3) is 0.294. The smallest absolute Gasteiger partial charge is 0.209 e. The average Bonchev–Trinajstić information content (AvgIpc) is 3.01. The largest absolute Gasteiger partial charge is 0.457 e. The van der Waals surface area contributed by atoms with Crippen LogP contribution in [0.25, 0.3) is 0 Å². The van der Waals surface area contributed by atoms with Gasteiger partial charge in [-0.25, -0.2) is 0 Å². The molecule has 1 fully saturated rings. The Morgan fingerprint density at radius 3 is 2.27 bits per heavy atom. The van der Waals surface area contributed by atoms with Gasteiger partial charge in [0.05, 0.1) is 24.5 Å². The van der Waals surface area contributed by atoms with E-state index < -0.39 is 5.79 Å². The molecule has 3 nitrogen and oxygen atoms in total. The molecule has 0 N–H and O–H groups in total. The molecule has 2 atom stereocenters. The van der Waals surface area contributed by atoms with E-state index in [1.165, 1.54) is 0 Å². The fourth-order valence-corrected chi connectivity index (χ4v) is 2.79. The first-order valence-corrected chi connectivity index (χ1v) is 8.10. The first-order valence-electron chi connectivity index (χ1n) is 7.03. The molecule has 22 heavy (non-hydrogen) atoms. The van der Waals surface area contributed by atoms with E-state index in [1.807, 2.05) is 54.6 Å². The van der Waals surface area contributed by atoms with Crippen molar-refractivity contribution in [3.05, 3.63) is 60.2 Å². The zero-order valence-electron chi connectivity index (χ0n) is 11.9. The Bertz CT molecular complexity index is 603. The van der Waals surface area contributed by atoms with Gasteiger partial charge in [-0.1, -0.05) is 18.2 Å². The van der Waals surface area contributed by atoms with Gasteiger partial charge < -0.3 is 14.2 Å². The molecule has 1 aliphatic heterocycles. The minimum absolute atomic E-state index is 0.138. The first kappa shape index (κ1) is 15.6. The maximum absolute atomic E-state index is 6.07. The molecule has 3 rings (SSSR count). The third-order valence-corrected chi connectivity index (χ3v) is 4.18. The van der Waals surface area contributed by atoms with Crippen molar-refractivity contribution in [1.29, 1.82) is 0 Å². The highest BCUT2D eigenvalue weighted by atomic mass is 35.5. The summed E-state index contributed by atoms with van der Waals surface area (Å²) >= 11 is 11.9. The Balaban J connectivity index is 1.76. The van der Waals surface area contributed by atoms with Crippen molar-refractivity contribution in [3.8, 4) is 11.5 Å². The molecule has 1 heterocycles. The predicted octanol–water partition coefficient (Wildman–Crippen LogP) is 4.52. The van der Waals surface area contributed by atoms with Crippen LogP contribution in [0, 0.1) is 0 Å². The molecule has 0 saturated carbocycles. The summed E-state index contributed by atoms with van der Waals surface area (Å²) in [5.41, 5.74) is 0.857. The van der Waals surface area contributed by atoms with Crippen LogP contribution >= 0.6 is 23.2 Å². The third-order valence-electron chi connectivity index (χ3n) is 3.48. The van der Waals surface area contributed by atoms with Crippen LogP contribution in [0.3, 0.4) is 0 Å². The van der Waals surface area contributed by atoms with E-state index in [0.29, 0.717) is 12.5 Å². The molecule has 1 aliphatic rings. The molecule has 0 aliphatic carbocycles. The third kappa shape index (κ3) is 3.23. The zero-order chi connectivity index (χ0) is 15.4. The van der Waals surface area contributed by atoms with Crippen molar-refractivity contribution < 1.29 is 14.2 Å². The Kier molecular flexibility index (Phi) is 4.89. The van der Waals surface area contributed by atoms with E-state index in [-0.39, 0.29) is 12.0 Å². The van der Waals surface area contributed by atoms with E-state index in [9.17, 15) is 0 Å². The topological polar surface area (TPSA) is 27.7 Å². The number of ether oxygens (including phenoxy) is 3.